The summed E-state index contributed by atoms with van der Waals surface area (Å²) in [6, 6.07) is 7.70. The van der Waals surface area contributed by atoms with Crippen molar-refractivity contribution in [3.63, 3.8) is 0 Å². The van der Waals surface area contributed by atoms with Crippen molar-refractivity contribution in [2.75, 3.05) is 18.4 Å². The molecule has 1 aliphatic rings. The van der Waals surface area contributed by atoms with E-state index in [2.05, 4.69) is 10.4 Å². The summed E-state index contributed by atoms with van der Waals surface area (Å²) in [6.07, 6.45) is 3.71. The molecule has 3 rings (SSSR count). The zero-order chi connectivity index (χ0) is 17.8. The molecule has 2 atom stereocenters. The molecule has 6 nitrogen and oxygen atoms in total. The molecule has 0 radical (unpaired) electrons. The molecular weight excluding hydrogens is 340 g/mol. The second-order valence-electron chi connectivity index (χ2n) is 6.47. The number of halogens is 1. The van der Waals surface area contributed by atoms with Gasteiger partial charge in [0.2, 0.25) is 5.91 Å². The van der Waals surface area contributed by atoms with Crippen LogP contribution in [0.5, 0.6) is 0 Å². The van der Waals surface area contributed by atoms with Gasteiger partial charge in [-0.15, -0.1) is 0 Å². The normalized spacial score (nSPS) is 20.5. The maximum absolute atomic E-state index is 12.5. The van der Waals surface area contributed by atoms with E-state index < -0.39 is 0 Å². The van der Waals surface area contributed by atoms with Crippen LogP contribution in [0.15, 0.2) is 36.7 Å². The van der Waals surface area contributed by atoms with Gasteiger partial charge in [-0.3, -0.25) is 9.48 Å². The van der Waals surface area contributed by atoms with Gasteiger partial charge in [0.1, 0.15) is 6.54 Å². The van der Waals surface area contributed by atoms with E-state index in [4.69, 9.17) is 16.3 Å². The number of morpholine rings is 1. The summed E-state index contributed by atoms with van der Waals surface area (Å²) in [5.41, 5.74) is 1.96. The topological polar surface area (TPSA) is 59.4 Å². The fraction of sp³-hybridized carbons (Fsp3) is 0.444. The second-order valence-corrected chi connectivity index (χ2v) is 6.90. The number of hydrogen-bond acceptors (Lipinski definition) is 4. The van der Waals surface area contributed by atoms with E-state index in [1.807, 2.05) is 49.2 Å². The Hall–Kier alpha value is -2.05. The fourth-order valence-corrected chi connectivity index (χ4v) is 3.23. The van der Waals surface area contributed by atoms with Crippen LogP contribution in [-0.4, -0.2) is 45.9 Å². The maximum Gasteiger partial charge on any atom is 0.244 e. The summed E-state index contributed by atoms with van der Waals surface area (Å²) in [6.45, 7) is 6.12. The second kappa shape index (κ2) is 7.89. The van der Waals surface area contributed by atoms with Crippen molar-refractivity contribution >= 4 is 23.2 Å². The number of ether oxygens (including phenoxy) is 1. The molecule has 7 heteroatoms. The first-order valence-corrected chi connectivity index (χ1v) is 8.81. The number of amides is 1. The maximum atomic E-state index is 12.5. The van der Waals surface area contributed by atoms with Crippen LogP contribution in [-0.2, 0) is 22.6 Å². The third kappa shape index (κ3) is 4.96. The Labute approximate surface area is 152 Å². The number of rotatable bonds is 5. The molecule has 0 saturated carbocycles. The number of nitrogens with one attached hydrogen (secondary N) is 1. The van der Waals surface area contributed by atoms with Gasteiger partial charge in [-0.05, 0) is 31.5 Å². The van der Waals surface area contributed by atoms with Gasteiger partial charge in [0.15, 0.2) is 0 Å². The zero-order valence-corrected chi connectivity index (χ0v) is 15.2. The molecule has 1 aromatic carbocycles. The van der Waals surface area contributed by atoms with E-state index in [0.29, 0.717) is 19.6 Å². The Morgan fingerprint density at radius 3 is 2.84 bits per heavy atom. The Morgan fingerprint density at radius 2 is 2.12 bits per heavy atom. The quantitative estimate of drug-likeness (QED) is 0.888. The van der Waals surface area contributed by atoms with Crippen LogP contribution >= 0.6 is 11.6 Å². The van der Waals surface area contributed by atoms with Crippen molar-refractivity contribution in [1.29, 1.82) is 0 Å². The van der Waals surface area contributed by atoms with Crippen LogP contribution < -0.4 is 5.32 Å². The predicted octanol–water partition coefficient (Wildman–Crippen LogP) is 2.78. The molecule has 1 aliphatic heterocycles. The van der Waals surface area contributed by atoms with Crippen LogP contribution in [0.2, 0.25) is 5.02 Å². The molecule has 0 aliphatic carbocycles. The van der Waals surface area contributed by atoms with Gasteiger partial charge in [-0.1, -0.05) is 23.7 Å². The molecule has 1 saturated heterocycles. The van der Waals surface area contributed by atoms with Crippen molar-refractivity contribution in [1.82, 2.24) is 14.7 Å². The summed E-state index contributed by atoms with van der Waals surface area (Å²) in [5, 5.41) is 8.27. The van der Waals surface area contributed by atoms with Crippen molar-refractivity contribution in [2.24, 2.45) is 0 Å². The van der Waals surface area contributed by atoms with Gasteiger partial charge in [-0.25, -0.2) is 0 Å². The average Bonchev–Trinajstić information content (AvgIpc) is 2.99. The number of nitrogens with zero attached hydrogens (tertiary/aromatic N) is 3. The number of anilines is 1. The molecule has 2 heterocycles. The SMILES string of the molecule is CC1CN(C(=O)Cn2cc(NCc3cccc(Cl)c3)cn2)CC(C)O1. The van der Waals surface area contributed by atoms with E-state index in [-0.39, 0.29) is 24.7 Å². The fourth-order valence-electron chi connectivity index (χ4n) is 3.01. The molecular formula is C18H23ClN4O2. The zero-order valence-electron chi connectivity index (χ0n) is 14.5. The first-order chi connectivity index (χ1) is 12.0. The van der Waals surface area contributed by atoms with Crippen molar-refractivity contribution in [3.05, 3.63) is 47.2 Å². The molecule has 1 amide bonds. The highest BCUT2D eigenvalue weighted by molar-refractivity contribution is 6.30. The minimum Gasteiger partial charge on any atom is -0.378 e. The Morgan fingerprint density at radius 1 is 1.36 bits per heavy atom. The molecule has 1 aromatic heterocycles. The van der Waals surface area contributed by atoms with E-state index in [9.17, 15) is 4.79 Å². The molecule has 2 aromatic rings. The Balaban J connectivity index is 1.53. The molecule has 134 valence electrons. The summed E-state index contributed by atoms with van der Waals surface area (Å²) in [7, 11) is 0. The predicted molar refractivity (Wildman–Crippen MR) is 97.6 cm³/mol. The number of aromatic nitrogens is 2. The average molecular weight is 363 g/mol. The highest BCUT2D eigenvalue weighted by Gasteiger charge is 2.25. The number of hydrogen-bond donors (Lipinski definition) is 1. The Kier molecular flexibility index (Phi) is 5.60. The van der Waals surface area contributed by atoms with Crippen molar-refractivity contribution in [3.8, 4) is 0 Å². The summed E-state index contributed by atoms with van der Waals surface area (Å²) < 4.78 is 7.33. The van der Waals surface area contributed by atoms with Gasteiger partial charge >= 0.3 is 0 Å². The van der Waals surface area contributed by atoms with E-state index in [1.54, 1.807) is 10.9 Å². The van der Waals surface area contributed by atoms with Crippen LogP contribution in [0.4, 0.5) is 5.69 Å². The number of carbonyl (C=O) groups is 1. The van der Waals surface area contributed by atoms with Crippen molar-refractivity contribution < 1.29 is 9.53 Å². The van der Waals surface area contributed by atoms with E-state index in [1.165, 1.54) is 0 Å². The third-order valence-corrected chi connectivity index (χ3v) is 4.32. The molecule has 25 heavy (non-hydrogen) atoms. The van der Waals surface area contributed by atoms with Gasteiger partial charge in [0, 0.05) is 30.9 Å². The van der Waals surface area contributed by atoms with E-state index >= 15 is 0 Å². The van der Waals surface area contributed by atoms with Gasteiger partial charge in [0.05, 0.1) is 24.1 Å². The van der Waals surface area contributed by atoms with Crippen LogP contribution in [0.3, 0.4) is 0 Å². The molecule has 0 bridgehead atoms. The van der Waals surface area contributed by atoms with Crippen molar-refractivity contribution in [2.45, 2.75) is 39.1 Å². The summed E-state index contributed by atoms with van der Waals surface area (Å²) in [5.74, 6) is 0.0616. The lowest BCUT2D eigenvalue weighted by Crippen LogP contribution is -2.49. The third-order valence-electron chi connectivity index (χ3n) is 4.09. The lowest BCUT2D eigenvalue weighted by molar-refractivity contribution is -0.144. The lowest BCUT2D eigenvalue weighted by Gasteiger charge is -2.35. The molecule has 0 spiro atoms. The van der Waals surface area contributed by atoms with Crippen LogP contribution in [0.25, 0.3) is 0 Å². The largest absolute Gasteiger partial charge is 0.378 e. The van der Waals surface area contributed by atoms with Crippen LogP contribution in [0.1, 0.15) is 19.4 Å². The lowest BCUT2D eigenvalue weighted by atomic mass is 10.2. The highest BCUT2D eigenvalue weighted by atomic mass is 35.5. The standard InChI is InChI=1S/C18H23ClN4O2/c1-13-9-22(10-14(2)25-13)18(24)12-23-11-17(8-21-23)20-7-15-4-3-5-16(19)6-15/h3-6,8,11,13-14,20H,7,9-10,12H2,1-2H3. The minimum absolute atomic E-state index is 0.0616. The number of carbonyl (C=O) groups excluding carboxylic acids is 1. The Bertz CT molecular complexity index is 723. The monoisotopic (exact) mass is 362 g/mol. The van der Waals surface area contributed by atoms with Gasteiger partial charge in [-0.2, -0.15) is 5.10 Å². The summed E-state index contributed by atoms with van der Waals surface area (Å²) >= 11 is 5.99. The molecule has 1 fully saturated rings. The van der Waals surface area contributed by atoms with E-state index in [0.717, 1.165) is 16.3 Å². The molecule has 1 N–H and O–H groups in total. The van der Waals surface area contributed by atoms with Crippen LogP contribution in [0, 0.1) is 0 Å². The molecule has 2 unspecified atom stereocenters. The first-order valence-electron chi connectivity index (χ1n) is 8.43. The minimum atomic E-state index is 0.0616. The summed E-state index contributed by atoms with van der Waals surface area (Å²) in [4.78, 5) is 14.3. The smallest absolute Gasteiger partial charge is 0.244 e. The number of benzene rings is 1. The highest BCUT2D eigenvalue weighted by Crippen LogP contribution is 2.14. The first kappa shape index (κ1) is 17.8. The van der Waals surface area contributed by atoms with Gasteiger partial charge in [0.25, 0.3) is 0 Å². The van der Waals surface area contributed by atoms with Gasteiger partial charge < -0.3 is 15.0 Å².